The molecule has 0 aliphatic carbocycles. The summed E-state index contributed by atoms with van der Waals surface area (Å²) >= 11 is 0. The second-order valence-corrected chi connectivity index (χ2v) is 9.93. The normalized spacial score (nSPS) is 10.5. The van der Waals surface area contributed by atoms with Gasteiger partial charge < -0.3 is 20.1 Å². The molecule has 0 aliphatic heterocycles. The van der Waals surface area contributed by atoms with Crippen LogP contribution in [0.25, 0.3) is 0 Å². The molecule has 0 heterocycles. The number of ketones is 2. The smallest absolute Gasteiger partial charge is 0.257 e. The van der Waals surface area contributed by atoms with Gasteiger partial charge in [0.2, 0.25) is 0 Å². The summed E-state index contributed by atoms with van der Waals surface area (Å²) in [5.74, 6) is 0.353. The fourth-order valence-electron chi connectivity index (χ4n) is 4.03. The summed E-state index contributed by atoms with van der Waals surface area (Å²) in [6.07, 6.45) is 1.70. The van der Waals surface area contributed by atoms with Crippen molar-refractivity contribution in [2.45, 2.75) is 60.8 Å². The van der Waals surface area contributed by atoms with E-state index in [0.717, 1.165) is 22.3 Å². The summed E-state index contributed by atoms with van der Waals surface area (Å²) in [4.78, 5) is 49.4. The molecule has 0 bridgehead atoms. The minimum absolute atomic E-state index is 0.0812. The highest BCUT2D eigenvalue weighted by Gasteiger charge is 2.17. The van der Waals surface area contributed by atoms with E-state index in [1.165, 1.54) is 0 Å². The first-order chi connectivity index (χ1) is 19.4. The zero-order chi connectivity index (χ0) is 30.7. The highest BCUT2D eigenvalue weighted by molar-refractivity contribution is 6.10. The Labute approximate surface area is 243 Å². The number of carbonyl (C=O) groups is 4. The van der Waals surface area contributed by atoms with E-state index >= 15 is 0 Å². The predicted octanol–water partition coefficient (Wildman–Crippen LogP) is 5.30. The van der Waals surface area contributed by atoms with Gasteiger partial charge in [-0.2, -0.15) is 0 Å². The van der Waals surface area contributed by atoms with Crippen LogP contribution in [0.4, 0.5) is 0 Å². The molecular weight excluding hydrogens is 520 g/mol. The highest BCUT2D eigenvalue weighted by Crippen LogP contribution is 2.27. The lowest BCUT2D eigenvalue weighted by atomic mass is 9.95. The molecule has 2 N–H and O–H groups in total. The van der Waals surface area contributed by atoms with E-state index < -0.39 is 0 Å². The van der Waals surface area contributed by atoms with E-state index in [1.807, 2.05) is 41.5 Å². The molecule has 0 saturated heterocycles. The van der Waals surface area contributed by atoms with Crippen LogP contribution in [0.2, 0.25) is 0 Å². The van der Waals surface area contributed by atoms with Crippen LogP contribution in [-0.4, -0.2) is 49.7 Å². The number of rotatable bonds is 16. The fraction of sp³-hybridized carbons (Fsp3) is 0.394. The van der Waals surface area contributed by atoms with Crippen molar-refractivity contribution in [2.75, 3.05) is 26.3 Å². The molecule has 0 aliphatic rings. The fourth-order valence-corrected chi connectivity index (χ4v) is 4.03. The van der Waals surface area contributed by atoms with Crippen LogP contribution in [0, 0.1) is 27.7 Å². The molecule has 0 spiro atoms. The largest absolute Gasteiger partial charge is 0.483 e. The summed E-state index contributed by atoms with van der Waals surface area (Å²) in [5.41, 5.74) is 5.49. The van der Waals surface area contributed by atoms with Crippen LogP contribution in [0.15, 0.2) is 48.6 Å². The zero-order valence-electron chi connectivity index (χ0n) is 25.1. The number of carbonyl (C=O) groups excluding carboxylic acids is 4. The Kier molecular flexibility index (Phi) is 12.5. The van der Waals surface area contributed by atoms with Gasteiger partial charge in [0.15, 0.2) is 24.8 Å². The van der Waals surface area contributed by atoms with Crippen molar-refractivity contribution >= 4 is 23.4 Å². The quantitative estimate of drug-likeness (QED) is 0.163. The third-order valence-electron chi connectivity index (χ3n) is 7.18. The standard InChI is InChI=1S/C33H42N2O6/c1-9-20(3)32(38)26-12-14-28(24(7)22(26)5)40-18-30(36)34-16-11-17-35-31(37)19-41-29-15-13-27(23(6)25(29)8)33(39)21(4)10-2/h12-15H,3-4,9-11,16-19H2,1-2,5-8H3,(H,34,36)(H,35,37). The first-order valence-corrected chi connectivity index (χ1v) is 13.9. The molecule has 41 heavy (non-hydrogen) atoms. The lowest BCUT2D eigenvalue weighted by Crippen LogP contribution is -2.34. The van der Waals surface area contributed by atoms with Crippen molar-refractivity contribution in [1.82, 2.24) is 10.6 Å². The average Bonchev–Trinajstić information content (AvgIpc) is 2.96. The molecule has 0 radical (unpaired) electrons. The lowest BCUT2D eigenvalue weighted by Gasteiger charge is -2.15. The molecular formula is C33H42N2O6. The maximum Gasteiger partial charge on any atom is 0.257 e. The Balaban J connectivity index is 1.73. The van der Waals surface area contributed by atoms with Crippen molar-refractivity contribution in [3.05, 3.63) is 82.0 Å². The second kappa shape index (κ2) is 15.6. The number of ether oxygens (including phenoxy) is 2. The van der Waals surface area contributed by atoms with Gasteiger partial charge in [0.05, 0.1) is 0 Å². The molecule has 0 aromatic heterocycles. The van der Waals surface area contributed by atoms with E-state index in [0.29, 0.717) is 66.1 Å². The first-order valence-electron chi connectivity index (χ1n) is 13.9. The van der Waals surface area contributed by atoms with Crippen LogP contribution in [-0.2, 0) is 9.59 Å². The van der Waals surface area contributed by atoms with E-state index in [2.05, 4.69) is 23.8 Å². The van der Waals surface area contributed by atoms with E-state index in [1.54, 1.807) is 24.3 Å². The Morgan fingerprint density at radius 2 is 1.00 bits per heavy atom. The first kappa shape index (κ1) is 33.0. The summed E-state index contributed by atoms with van der Waals surface area (Å²) in [6, 6.07) is 6.80. The van der Waals surface area contributed by atoms with Crippen LogP contribution in [0.3, 0.4) is 0 Å². The molecule has 8 heteroatoms. The van der Waals surface area contributed by atoms with Gasteiger partial charge in [-0.05, 0) is 105 Å². The highest BCUT2D eigenvalue weighted by atomic mass is 16.5. The van der Waals surface area contributed by atoms with E-state index in [4.69, 9.17) is 9.47 Å². The summed E-state index contributed by atoms with van der Waals surface area (Å²) in [6.45, 7) is 19.2. The SMILES string of the molecule is C=C(CC)C(=O)c1ccc(OCC(=O)NCCCNC(=O)COc2ccc(C(=O)C(=C)CC)c(C)c2C)c(C)c1C. The van der Waals surface area contributed by atoms with Gasteiger partial charge in [0, 0.05) is 24.2 Å². The minimum atomic E-state index is -0.286. The van der Waals surface area contributed by atoms with Gasteiger partial charge in [0.1, 0.15) is 11.5 Å². The number of Topliss-reactive ketones (excluding diaryl/α,β-unsaturated/α-hetero) is 2. The molecule has 0 fully saturated rings. The van der Waals surface area contributed by atoms with Crippen molar-refractivity contribution < 1.29 is 28.7 Å². The molecule has 2 rings (SSSR count). The number of benzene rings is 2. The topological polar surface area (TPSA) is 111 Å². The third-order valence-corrected chi connectivity index (χ3v) is 7.18. The predicted molar refractivity (Wildman–Crippen MR) is 161 cm³/mol. The maximum absolute atomic E-state index is 12.5. The number of hydrogen-bond acceptors (Lipinski definition) is 6. The van der Waals surface area contributed by atoms with E-state index in [9.17, 15) is 19.2 Å². The number of amides is 2. The molecule has 0 saturated carbocycles. The van der Waals surface area contributed by atoms with Crippen LogP contribution in [0.1, 0.15) is 76.1 Å². The van der Waals surface area contributed by atoms with Gasteiger partial charge in [-0.1, -0.05) is 27.0 Å². The average molecular weight is 563 g/mol. The van der Waals surface area contributed by atoms with Crippen molar-refractivity contribution in [1.29, 1.82) is 0 Å². The van der Waals surface area contributed by atoms with Crippen LogP contribution >= 0.6 is 0 Å². The van der Waals surface area contributed by atoms with Crippen LogP contribution in [0.5, 0.6) is 11.5 Å². The number of allylic oxidation sites excluding steroid dienone is 2. The van der Waals surface area contributed by atoms with Crippen LogP contribution < -0.4 is 20.1 Å². The molecule has 220 valence electrons. The molecule has 2 amide bonds. The summed E-state index contributed by atoms with van der Waals surface area (Å²) in [5, 5.41) is 5.53. The van der Waals surface area contributed by atoms with Gasteiger partial charge in [-0.3, -0.25) is 19.2 Å². The Morgan fingerprint density at radius 3 is 1.34 bits per heavy atom. The Bertz CT molecular complexity index is 1240. The van der Waals surface area contributed by atoms with Gasteiger partial charge in [0.25, 0.3) is 11.8 Å². The number of nitrogens with one attached hydrogen (secondary N) is 2. The molecule has 2 aromatic rings. The third kappa shape index (κ3) is 8.90. The molecule has 0 atom stereocenters. The number of hydrogen-bond donors (Lipinski definition) is 2. The van der Waals surface area contributed by atoms with Crippen molar-refractivity contribution in [2.24, 2.45) is 0 Å². The Hall–Kier alpha value is -4.20. The van der Waals surface area contributed by atoms with Gasteiger partial charge >= 0.3 is 0 Å². The summed E-state index contributed by atoms with van der Waals surface area (Å²) < 4.78 is 11.3. The maximum atomic E-state index is 12.5. The van der Waals surface area contributed by atoms with Crippen molar-refractivity contribution in [3.63, 3.8) is 0 Å². The molecule has 2 aromatic carbocycles. The van der Waals surface area contributed by atoms with Crippen molar-refractivity contribution in [3.8, 4) is 11.5 Å². The Morgan fingerprint density at radius 1 is 0.634 bits per heavy atom. The van der Waals surface area contributed by atoms with E-state index in [-0.39, 0.29) is 36.6 Å². The lowest BCUT2D eigenvalue weighted by molar-refractivity contribution is -0.123. The van der Waals surface area contributed by atoms with Gasteiger partial charge in [-0.25, -0.2) is 0 Å². The second-order valence-electron chi connectivity index (χ2n) is 9.93. The molecule has 0 unspecified atom stereocenters. The summed E-state index contributed by atoms with van der Waals surface area (Å²) in [7, 11) is 0. The zero-order valence-corrected chi connectivity index (χ0v) is 25.1. The monoisotopic (exact) mass is 562 g/mol. The van der Waals surface area contributed by atoms with Gasteiger partial charge in [-0.15, -0.1) is 0 Å². The molecule has 8 nitrogen and oxygen atoms in total. The minimum Gasteiger partial charge on any atom is -0.483 e.